The number of aromatic nitrogens is 2. The molecule has 0 fully saturated rings. The van der Waals surface area contributed by atoms with Gasteiger partial charge >= 0.3 is 0 Å². The van der Waals surface area contributed by atoms with Crippen molar-refractivity contribution in [3.63, 3.8) is 0 Å². The first-order valence-corrected chi connectivity index (χ1v) is 6.86. The maximum Gasteiger partial charge on any atom is 0.272 e. The van der Waals surface area contributed by atoms with Crippen molar-refractivity contribution in [2.75, 3.05) is 0 Å². The monoisotopic (exact) mass is 288 g/mol. The van der Waals surface area contributed by atoms with E-state index in [0.717, 1.165) is 16.8 Å². The summed E-state index contributed by atoms with van der Waals surface area (Å²) in [5.74, 6) is 0. The van der Waals surface area contributed by atoms with Gasteiger partial charge in [-0.1, -0.05) is 12.1 Å². The van der Waals surface area contributed by atoms with E-state index < -0.39 is 0 Å². The second-order valence-electron chi connectivity index (χ2n) is 5.32. The molecule has 1 unspecified atom stereocenters. The SMILES string of the molecule is Cc1ccc(C(C)NCc2cn(C)nc2C)cc1[N+](=O)[O-]. The van der Waals surface area contributed by atoms with E-state index in [0.29, 0.717) is 12.1 Å². The normalized spacial score (nSPS) is 12.4. The first kappa shape index (κ1) is 15.2. The Morgan fingerprint density at radius 2 is 2.14 bits per heavy atom. The largest absolute Gasteiger partial charge is 0.306 e. The van der Waals surface area contributed by atoms with Gasteiger partial charge in [0.2, 0.25) is 0 Å². The molecule has 2 rings (SSSR count). The Balaban J connectivity index is 2.10. The molecule has 1 atom stereocenters. The minimum Gasteiger partial charge on any atom is -0.306 e. The van der Waals surface area contributed by atoms with Crippen LogP contribution in [0.2, 0.25) is 0 Å². The van der Waals surface area contributed by atoms with Crippen LogP contribution in [0.5, 0.6) is 0 Å². The summed E-state index contributed by atoms with van der Waals surface area (Å²) in [7, 11) is 1.89. The third-order valence-corrected chi connectivity index (χ3v) is 3.64. The molecule has 0 aliphatic rings. The molecule has 0 spiro atoms. The van der Waals surface area contributed by atoms with Gasteiger partial charge in [0.05, 0.1) is 10.6 Å². The Bertz CT molecular complexity index is 664. The van der Waals surface area contributed by atoms with Crippen LogP contribution >= 0.6 is 0 Å². The van der Waals surface area contributed by atoms with Crippen LogP contribution in [0.4, 0.5) is 5.69 Å². The van der Waals surface area contributed by atoms with Crippen molar-refractivity contribution in [1.29, 1.82) is 0 Å². The van der Waals surface area contributed by atoms with Crippen molar-refractivity contribution in [3.8, 4) is 0 Å². The number of nitrogens with zero attached hydrogens (tertiary/aromatic N) is 3. The van der Waals surface area contributed by atoms with E-state index in [2.05, 4.69) is 10.4 Å². The zero-order valence-corrected chi connectivity index (χ0v) is 12.8. The first-order chi connectivity index (χ1) is 9.88. The Kier molecular flexibility index (Phi) is 4.37. The Hall–Kier alpha value is -2.21. The lowest BCUT2D eigenvalue weighted by molar-refractivity contribution is -0.385. The number of benzene rings is 1. The highest BCUT2D eigenvalue weighted by atomic mass is 16.6. The number of nitrogens with one attached hydrogen (secondary N) is 1. The van der Waals surface area contributed by atoms with Gasteiger partial charge in [-0.25, -0.2) is 0 Å². The molecule has 0 amide bonds. The van der Waals surface area contributed by atoms with Crippen molar-refractivity contribution < 1.29 is 4.92 Å². The van der Waals surface area contributed by atoms with E-state index in [4.69, 9.17) is 0 Å². The third-order valence-electron chi connectivity index (χ3n) is 3.64. The average Bonchev–Trinajstić information content (AvgIpc) is 2.74. The summed E-state index contributed by atoms with van der Waals surface area (Å²) in [6.07, 6.45) is 1.98. The summed E-state index contributed by atoms with van der Waals surface area (Å²) in [5.41, 5.74) is 3.88. The molecule has 0 aliphatic heterocycles. The number of hydrogen-bond donors (Lipinski definition) is 1. The molecule has 1 aromatic carbocycles. The highest BCUT2D eigenvalue weighted by Crippen LogP contribution is 2.23. The molecule has 0 saturated heterocycles. The van der Waals surface area contributed by atoms with E-state index in [9.17, 15) is 10.1 Å². The van der Waals surface area contributed by atoms with Crippen LogP contribution in [0.25, 0.3) is 0 Å². The van der Waals surface area contributed by atoms with Crippen LogP contribution in [0, 0.1) is 24.0 Å². The van der Waals surface area contributed by atoms with Gasteiger partial charge in [0.15, 0.2) is 0 Å². The maximum absolute atomic E-state index is 11.0. The molecule has 6 heteroatoms. The highest BCUT2D eigenvalue weighted by Gasteiger charge is 2.14. The summed E-state index contributed by atoms with van der Waals surface area (Å²) in [6, 6.07) is 5.39. The lowest BCUT2D eigenvalue weighted by atomic mass is 10.0. The van der Waals surface area contributed by atoms with Crippen molar-refractivity contribution in [2.45, 2.75) is 33.4 Å². The molecular weight excluding hydrogens is 268 g/mol. The van der Waals surface area contributed by atoms with Gasteiger partial charge in [0.25, 0.3) is 5.69 Å². The smallest absolute Gasteiger partial charge is 0.272 e. The van der Waals surface area contributed by atoms with Crippen LogP contribution in [0.1, 0.15) is 35.3 Å². The predicted molar refractivity (Wildman–Crippen MR) is 81.0 cm³/mol. The zero-order valence-electron chi connectivity index (χ0n) is 12.8. The quantitative estimate of drug-likeness (QED) is 0.678. The highest BCUT2D eigenvalue weighted by molar-refractivity contribution is 5.43. The standard InChI is InChI=1S/C15H20N4O2/c1-10-5-6-13(7-15(10)19(20)21)11(2)16-8-14-9-18(4)17-12(14)3/h5-7,9,11,16H,8H2,1-4H3. The summed E-state index contributed by atoms with van der Waals surface area (Å²) in [6.45, 7) is 6.40. The Morgan fingerprint density at radius 3 is 2.71 bits per heavy atom. The summed E-state index contributed by atoms with van der Waals surface area (Å²) in [5, 5.41) is 18.7. The molecule has 0 bridgehead atoms. The molecule has 0 aliphatic carbocycles. The maximum atomic E-state index is 11.0. The van der Waals surface area contributed by atoms with Gasteiger partial charge in [0, 0.05) is 43.0 Å². The van der Waals surface area contributed by atoms with E-state index in [1.165, 1.54) is 0 Å². The molecule has 0 saturated carbocycles. The number of aryl methyl sites for hydroxylation is 3. The average molecular weight is 288 g/mol. The molecule has 112 valence electrons. The molecular formula is C15H20N4O2. The summed E-state index contributed by atoms with van der Waals surface area (Å²) < 4.78 is 1.79. The predicted octanol–water partition coefficient (Wildman–Crippen LogP) is 2.80. The van der Waals surface area contributed by atoms with E-state index >= 15 is 0 Å². The van der Waals surface area contributed by atoms with Gasteiger partial charge in [-0.15, -0.1) is 0 Å². The minimum absolute atomic E-state index is 0.0314. The van der Waals surface area contributed by atoms with Gasteiger partial charge < -0.3 is 5.32 Å². The lowest BCUT2D eigenvalue weighted by Gasteiger charge is -2.14. The summed E-state index contributed by atoms with van der Waals surface area (Å²) >= 11 is 0. The summed E-state index contributed by atoms with van der Waals surface area (Å²) in [4.78, 5) is 10.7. The van der Waals surface area contributed by atoms with Crippen LogP contribution in [-0.2, 0) is 13.6 Å². The van der Waals surface area contributed by atoms with Crippen LogP contribution in [0.3, 0.4) is 0 Å². The lowest BCUT2D eigenvalue weighted by Crippen LogP contribution is -2.18. The number of nitro groups is 1. The van der Waals surface area contributed by atoms with Crippen molar-refractivity contribution >= 4 is 5.69 Å². The second kappa shape index (κ2) is 6.05. The van der Waals surface area contributed by atoms with Crippen LogP contribution in [-0.4, -0.2) is 14.7 Å². The van der Waals surface area contributed by atoms with E-state index in [1.807, 2.05) is 33.2 Å². The molecule has 1 aromatic heterocycles. The molecule has 1 N–H and O–H groups in total. The molecule has 2 aromatic rings. The van der Waals surface area contributed by atoms with Crippen molar-refractivity contribution in [2.24, 2.45) is 7.05 Å². The van der Waals surface area contributed by atoms with Crippen molar-refractivity contribution in [1.82, 2.24) is 15.1 Å². The topological polar surface area (TPSA) is 73.0 Å². The first-order valence-electron chi connectivity index (χ1n) is 6.86. The molecule has 6 nitrogen and oxygen atoms in total. The second-order valence-corrected chi connectivity index (χ2v) is 5.32. The minimum atomic E-state index is -0.336. The fraction of sp³-hybridized carbons (Fsp3) is 0.400. The zero-order chi connectivity index (χ0) is 15.6. The van der Waals surface area contributed by atoms with Gasteiger partial charge in [-0.05, 0) is 26.3 Å². The molecule has 21 heavy (non-hydrogen) atoms. The fourth-order valence-electron chi connectivity index (χ4n) is 2.30. The van der Waals surface area contributed by atoms with E-state index in [1.54, 1.807) is 23.7 Å². The third kappa shape index (κ3) is 3.46. The van der Waals surface area contributed by atoms with Gasteiger partial charge in [0.1, 0.15) is 0 Å². The fourth-order valence-corrected chi connectivity index (χ4v) is 2.30. The number of rotatable bonds is 5. The van der Waals surface area contributed by atoms with E-state index in [-0.39, 0.29) is 16.7 Å². The number of nitro benzene ring substituents is 1. The van der Waals surface area contributed by atoms with Crippen molar-refractivity contribution in [3.05, 3.63) is 56.9 Å². The van der Waals surface area contributed by atoms with Gasteiger partial charge in [-0.3, -0.25) is 14.8 Å². The van der Waals surface area contributed by atoms with Crippen LogP contribution in [0.15, 0.2) is 24.4 Å². The number of hydrogen-bond acceptors (Lipinski definition) is 4. The van der Waals surface area contributed by atoms with Gasteiger partial charge in [-0.2, -0.15) is 5.10 Å². The Morgan fingerprint density at radius 1 is 1.43 bits per heavy atom. The van der Waals surface area contributed by atoms with Crippen LogP contribution < -0.4 is 5.32 Å². The molecule has 0 radical (unpaired) electrons. The Labute approximate surface area is 123 Å². The molecule has 1 heterocycles.